The highest BCUT2D eigenvalue weighted by atomic mass is 16.6. The molecule has 1 fully saturated rings. The molecule has 0 spiro atoms. The van der Waals surface area contributed by atoms with Gasteiger partial charge in [-0.05, 0) is 37.5 Å². The van der Waals surface area contributed by atoms with Crippen molar-refractivity contribution in [1.82, 2.24) is 0 Å². The molecular weight excluding hydrogens is 272 g/mol. The Labute approximate surface area is 123 Å². The van der Waals surface area contributed by atoms with Crippen LogP contribution in [0.5, 0.6) is 0 Å². The number of esters is 1. The maximum atomic E-state index is 12.2. The molecule has 1 aliphatic carbocycles. The first-order valence-electron chi connectivity index (χ1n) is 7.00. The molecule has 6 nitrogen and oxygen atoms in total. The molecule has 0 radical (unpaired) electrons. The topological polar surface area (TPSA) is 90.7 Å². The van der Waals surface area contributed by atoms with E-state index in [-0.39, 0.29) is 12.2 Å². The molecule has 1 aromatic rings. The SMILES string of the molecule is COC1CCCCC1OC(=O)c1cccc(NC(N)=O)c1. The van der Waals surface area contributed by atoms with E-state index in [9.17, 15) is 9.59 Å². The van der Waals surface area contributed by atoms with Gasteiger partial charge in [0.05, 0.1) is 11.7 Å². The summed E-state index contributed by atoms with van der Waals surface area (Å²) in [6, 6.07) is 5.82. The minimum Gasteiger partial charge on any atom is -0.456 e. The predicted molar refractivity (Wildman–Crippen MR) is 78.1 cm³/mol. The van der Waals surface area contributed by atoms with Gasteiger partial charge in [0.25, 0.3) is 0 Å². The summed E-state index contributed by atoms with van der Waals surface area (Å²) in [4.78, 5) is 23.0. The lowest BCUT2D eigenvalue weighted by Crippen LogP contribution is -2.35. The Morgan fingerprint density at radius 1 is 1.24 bits per heavy atom. The van der Waals surface area contributed by atoms with Crippen LogP contribution < -0.4 is 11.1 Å². The average molecular weight is 292 g/mol. The average Bonchev–Trinajstić information content (AvgIpc) is 2.47. The van der Waals surface area contributed by atoms with Gasteiger partial charge in [0.2, 0.25) is 0 Å². The van der Waals surface area contributed by atoms with E-state index < -0.39 is 12.0 Å². The van der Waals surface area contributed by atoms with E-state index in [0.717, 1.165) is 25.7 Å². The molecule has 1 aliphatic rings. The molecular formula is C15H20N2O4. The highest BCUT2D eigenvalue weighted by Gasteiger charge is 2.28. The number of amides is 2. The zero-order chi connectivity index (χ0) is 15.2. The quantitative estimate of drug-likeness (QED) is 0.833. The van der Waals surface area contributed by atoms with Gasteiger partial charge < -0.3 is 20.5 Å². The molecule has 114 valence electrons. The number of carbonyl (C=O) groups excluding carboxylic acids is 2. The minimum absolute atomic E-state index is 0.0466. The Morgan fingerprint density at radius 2 is 1.95 bits per heavy atom. The first-order chi connectivity index (χ1) is 10.1. The number of hydrogen-bond acceptors (Lipinski definition) is 4. The van der Waals surface area contributed by atoms with Crippen LogP contribution in [0.3, 0.4) is 0 Å². The van der Waals surface area contributed by atoms with Gasteiger partial charge in [-0.25, -0.2) is 9.59 Å². The molecule has 0 aliphatic heterocycles. The third-order valence-corrected chi connectivity index (χ3v) is 3.57. The van der Waals surface area contributed by atoms with Gasteiger partial charge in [-0.15, -0.1) is 0 Å². The van der Waals surface area contributed by atoms with Crippen molar-refractivity contribution in [2.45, 2.75) is 37.9 Å². The van der Waals surface area contributed by atoms with E-state index >= 15 is 0 Å². The number of rotatable bonds is 4. The monoisotopic (exact) mass is 292 g/mol. The van der Waals surface area contributed by atoms with E-state index in [1.165, 1.54) is 6.07 Å². The van der Waals surface area contributed by atoms with Crippen LogP contribution in [0.25, 0.3) is 0 Å². The van der Waals surface area contributed by atoms with Crippen LogP contribution in [0, 0.1) is 0 Å². The molecule has 2 amide bonds. The van der Waals surface area contributed by atoms with E-state index in [1.807, 2.05) is 0 Å². The lowest BCUT2D eigenvalue weighted by Gasteiger charge is -2.29. The van der Waals surface area contributed by atoms with Gasteiger partial charge in [0, 0.05) is 12.8 Å². The third-order valence-electron chi connectivity index (χ3n) is 3.57. The summed E-state index contributed by atoms with van der Waals surface area (Å²) >= 11 is 0. The number of carbonyl (C=O) groups is 2. The zero-order valence-corrected chi connectivity index (χ0v) is 12.0. The minimum atomic E-state index is -0.674. The lowest BCUT2D eigenvalue weighted by atomic mass is 9.94. The van der Waals surface area contributed by atoms with Gasteiger partial charge in [-0.2, -0.15) is 0 Å². The summed E-state index contributed by atoms with van der Waals surface area (Å²) < 4.78 is 10.9. The maximum absolute atomic E-state index is 12.2. The highest BCUT2D eigenvalue weighted by Crippen LogP contribution is 2.24. The van der Waals surface area contributed by atoms with Crippen molar-refractivity contribution < 1.29 is 19.1 Å². The van der Waals surface area contributed by atoms with Crippen LogP contribution in [0.15, 0.2) is 24.3 Å². The second-order valence-corrected chi connectivity index (χ2v) is 5.07. The maximum Gasteiger partial charge on any atom is 0.338 e. The number of nitrogens with one attached hydrogen (secondary N) is 1. The third kappa shape index (κ3) is 4.19. The molecule has 3 N–H and O–H groups in total. The fourth-order valence-corrected chi connectivity index (χ4v) is 2.54. The van der Waals surface area contributed by atoms with Crippen molar-refractivity contribution in [2.75, 3.05) is 12.4 Å². The summed E-state index contributed by atoms with van der Waals surface area (Å²) in [6.45, 7) is 0. The molecule has 0 bridgehead atoms. The predicted octanol–water partition coefficient (Wildman–Crippen LogP) is 2.29. The molecule has 1 aromatic carbocycles. The van der Waals surface area contributed by atoms with Crippen LogP contribution in [0.1, 0.15) is 36.0 Å². The molecule has 0 saturated heterocycles. The summed E-state index contributed by atoms with van der Waals surface area (Å²) in [5.74, 6) is -0.419. The number of urea groups is 1. The standard InChI is InChI=1S/C15H20N2O4/c1-20-12-7-2-3-8-13(12)21-14(18)10-5-4-6-11(9-10)17-15(16)19/h4-6,9,12-13H,2-3,7-8H2,1H3,(H3,16,17,19). The van der Waals surface area contributed by atoms with Crippen molar-refractivity contribution in [3.05, 3.63) is 29.8 Å². The normalized spacial score (nSPS) is 21.6. The smallest absolute Gasteiger partial charge is 0.338 e. The van der Waals surface area contributed by atoms with Crippen LogP contribution in [0.2, 0.25) is 0 Å². The van der Waals surface area contributed by atoms with Crippen LogP contribution in [0.4, 0.5) is 10.5 Å². The molecule has 2 atom stereocenters. The molecule has 0 aromatic heterocycles. The lowest BCUT2D eigenvalue weighted by molar-refractivity contribution is -0.0539. The second-order valence-electron chi connectivity index (χ2n) is 5.07. The number of methoxy groups -OCH3 is 1. The van der Waals surface area contributed by atoms with E-state index in [4.69, 9.17) is 15.2 Å². The van der Waals surface area contributed by atoms with E-state index in [0.29, 0.717) is 11.3 Å². The van der Waals surface area contributed by atoms with Crippen molar-refractivity contribution in [2.24, 2.45) is 5.73 Å². The first kappa shape index (κ1) is 15.3. The van der Waals surface area contributed by atoms with Crippen LogP contribution >= 0.6 is 0 Å². The fourth-order valence-electron chi connectivity index (χ4n) is 2.54. The summed E-state index contributed by atoms with van der Waals surface area (Å²) in [6.07, 6.45) is 3.56. The van der Waals surface area contributed by atoms with Gasteiger partial charge in [-0.3, -0.25) is 0 Å². The van der Waals surface area contributed by atoms with E-state index in [2.05, 4.69) is 5.32 Å². The Bertz CT molecular complexity index is 518. The summed E-state index contributed by atoms with van der Waals surface area (Å²) in [5, 5.41) is 2.43. The number of nitrogens with two attached hydrogens (primary N) is 1. The van der Waals surface area contributed by atoms with Crippen molar-refractivity contribution in [3.63, 3.8) is 0 Å². The van der Waals surface area contributed by atoms with Crippen molar-refractivity contribution >= 4 is 17.7 Å². The number of ether oxygens (including phenoxy) is 2. The van der Waals surface area contributed by atoms with Crippen LogP contribution in [-0.4, -0.2) is 31.3 Å². The molecule has 2 rings (SSSR count). The molecule has 0 heterocycles. The van der Waals surface area contributed by atoms with Gasteiger partial charge in [0.15, 0.2) is 0 Å². The fraction of sp³-hybridized carbons (Fsp3) is 0.467. The van der Waals surface area contributed by atoms with Crippen molar-refractivity contribution in [1.29, 1.82) is 0 Å². The Balaban J connectivity index is 2.03. The number of benzene rings is 1. The highest BCUT2D eigenvalue weighted by molar-refractivity contribution is 5.93. The Hall–Kier alpha value is -2.08. The second kappa shape index (κ2) is 7.08. The first-order valence-corrected chi connectivity index (χ1v) is 7.00. The van der Waals surface area contributed by atoms with Crippen molar-refractivity contribution in [3.8, 4) is 0 Å². The molecule has 21 heavy (non-hydrogen) atoms. The Morgan fingerprint density at radius 3 is 2.62 bits per heavy atom. The van der Waals surface area contributed by atoms with Gasteiger partial charge in [0.1, 0.15) is 6.10 Å². The number of anilines is 1. The van der Waals surface area contributed by atoms with Crippen LogP contribution in [-0.2, 0) is 9.47 Å². The largest absolute Gasteiger partial charge is 0.456 e. The summed E-state index contributed by atoms with van der Waals surface area (Å²) in [5.41, 5.74) is 5.89. The van der Waals surface area contributed by atoms with E-state index in [1.54, 1.807) is 25.3 Å². The number of primary amides is 1. The zero-order valence-electron chi connectivity index (χ0n) is 12.0. The van der Waals surface area contributed by atoms with Gasteiger partial charge in [-0.1, -0.05) is 12.5 Å². The molecule has 6 heteroatoms. The number of hydrogen-bond donors (Lipinski definition) is 2. The summed E-state index contributed by atoms with van der Waals surface area (Å²) in [7, 11) is 1.63. The molecule has 1 saturated carbocycles. The van der Waals surface area contributed by atoms with Gasteiger partial charge >= 0.3 is 12.0 Å². The Kier molecular flexibility index (Phi) is 5.16. The molecule has 2 unspecified atom stereocenters.